The molecule has 0 aliphatic heterocycles. The van der Waals surface area contributed by atoms with Crippen molar-refractivity contribution < 1.29 is 14.3 Å². The lowest BCUT2D eigenvalue weighted by molar-refractivity contribution is -0.112. The summed E-state index contributed by atoms with van der Waals surface area (Å²) in [5.74, 6) is 0.848. The van der Waals surface area contributed by atoms with Gasteiger partial charge in [-0.25, -0.2) is 0 Å². The van der Waals surface area contributed by atoms with Crippen molar-refractivity contribution in [1.82, 2.24) is 10.2 Å². The van der Waals surface area contributed by atoms with Gasteiger partial charge in [-0.2, -0.15) is 5.26 Å². The van der Waals surface area contributed by atoms with Gasteiger partial charge in [0, 0.05) is 10.9 Å². The first kappa shape index (κ1) is 23.4. The highest BCUT2D eigenvalue weighted by atomic mass is 79.9. The van der Waals surface area contributed by atoms with E-state index in [9.17, 15) is 10.1 Å². The molecule has 32 heavy (non-hydrogen) atoms. The van der Waals surface area contributed by atoms with Gasteiger partial charge in [0.25, 0.3) is 5.91 Å². The van der Waals surface area contributed by atoms with Crippen molar-refractivity contribution >= 4 is 44.4 Å². The van der Waals surface area contributed by atoms with Gasteiger partial charge in [0.05, 0.1) is 0 Å². The van der Waals surface area contributed by atoms with Crippen LogP contribution in [0.25, 0.3) is 6.08 Å². The summed E-state index contributed by atoms with van der Waals surface area (Å²) in [4.78, 5) is 12.5. The van der Waals surface area contributed by atoms with Gasteiger partial charge < -0.3 is 9.47 Å². The van der Waals surface area contributed by atoms with Crippen molar-refractivity contribution in [3.05, 3.63) is 69.1 Å². The van der Waals surface area contributed by atoms with Crippen LogP contribution in [0.15, 0.2) is 58.6 Å². The molecule has 0 fully saturated rings. The second-order valence-corrected chi connectivity index (χ2v) is 8.58. The summed E-state index contributed by atoms with van der Waals surface area (Å²) in [6.45, 7) is 2.78. The number of carbonyl (C=O) groups is 1. The minimum absolute atomic E-state index is 0.0343. The lowest BCUT2D eigenvalue weighted by Gasteiger charge is -2.09. The van der Waals surface area contributed by atoms with E-state index in [2.05, 4.69) is 31.4 Å². The molecule has 0 bridgehead atoms. The van der Waals surface area contributed by atoms with Crippen LogP contribution < -0.4 is 14.8 Å². The number of nitriles is 1. The Bertz CT molecular complexity index is 1120. The number of rotatable bonds is 10. The lowest BCUT2D eigenvalue weighted by Crippen LogP contribution is -2.13. The minimum Gasteiger partial charge on any atom is -0.490 e. The van der Waals surface area contributed by atoms with Gasteiger partial charge in [-0.1, -0.05) is 46.3 Å². The highest BCUT2D eigenvalue weighted by Crippen LogP contribution is 2.20. The molecule has 1 N–H and O–H groups in total. The first-order valence-corrected chi connectivity index (χ1v) is 11.5. The number of amides is 1. The van der Waals surface area contributed by atoms with Gasteiger partial charge >= 0.3 is 0 Å². The third-order valence-electron chi connectivity index (χ3n) is 4.12. The summed E-state index contributed by atoms with van der Waals surface area (Å²) in [6, 6.07) is 16.6. The number of halogens is 1. The summed E-state index contributed by atoms with van der Waals surface area (Å²) in [5, 5.41) is 21.3. The first-order valence-electron chi connectivity index (χ1n) is 9.94. The van der Waals surface area contributed by atoms with E-state index in [1.54, 1.807) is 24.3 Å². The monoisotopic (exact) mass is 512 g/mol. The fourth-order valence-electron chi connectivity index (χ4n) is 2.64. The van der Waals surface area contributed by atoms with Gasteiger partial charge in [-0.15, -0.1) is 10.2 Å². The summed E-state index contributed by atoms with van der Waals surface area (Å²) < 4.78 is 12.3. The number of anilines is 1. The molecule has 164 valence electrons. The largest absolute Gasteiger partial charge is 0.490 e. The number of nitrogens with zero attached hydrogens (tertiary/aromatic N) is 3. The highest BCUT2D eigenvalue weighted by molar-refractivity contribution is 9.10. The second-order valence-electron chi connectivity index (χ2n) is 6.60. The molecular formula is C23H21BrN4O3S. The van der Waals surface area contributed by atoms with E-state index in [-0.39, 0.29) is 5.57 Å². The summed E-state index contributed by atoms with van der Waals surface area (Å²) >= 11 is 4.69. The number of aromatic nitrogens is 2. The number of carbonyl (C=O) groups excluding carboxylic acids is 1. The molecule has 0 saturated carbocycles. The lowest BCUT2D eigenvalue weighted by atomic mass is 10.1. The van der Waals surface area contributed by atoms with Gasteiger partial charge in [0.15, 0.2) is 0 Å². The Balaban J connectivity index is 1.56. The quantitative estimate of drug-likeness (QED) is 0.226. The van der Waals surface area contributed by atoms with Crippen molar-refractivity contribution in [3.8, 4) is 17.6 Å². The van der Waals surface area contributed by atoms with Crippen LogP contribution >= 0.6 is 27.3 Å². The van der Waals surface area contributed by atoms with E-state index >= 15 is 0 Å². The van der Waals surface area contributed by atoms with Crippen LogP contribution in [-0.4, -0.2) is 29.3 Å². The van der Waals surface area contributed by atoms with Crippen molar-refractivity contribution in [2.24, 2.45) is 0 Å². The molecule has 0 unspecified atom stereocenters. The Morgan fingerprint density at radius 1 is 1.16 bits per heavy atom. The van der Waals surface area contributed by atoms with E-state index in [0.717, 1.165) is 28.1 Å². The second kappa shape index (κ2) is 12.0. The average molecular weight is 513 g/mol. The number of nitrogens with one attached hydrogen (secondary N) is 1. The Morgan fingerprint density at radius 2 is 1.91 bits per heavy atom. The van der Waals surface area contributed by atoms with E-state index in [1.165, 1.54) is 17.4 Å². The van der Waals surface area contributed by atoms with Crippen LogP contribution in [0.5, 0.6) is 11.5 Å². The van der Waals surface area contributed by atoms with Crippen LogP contribution in [0.2, 0.25) is 0 Å². The van der Waals surface area contributed by atoms with Gasteiger partial charge in [0.1, 0.15) is 41.4 Å². The molecular weight excluding hydrogens is 492 g/mol. The average Bonchev–Trinajstić information content (AvgIpc) is 3.23. The predicted octanol–water partition coefficient (Wildman–Crippen LogP) is 5.26. The zero-order valence-corrected chi connectivity index (χ0v) is 19.8. The SMILES string of the molecule is CCCc1nnc(NC(=O)C(C#N)=Cc2cccc(OCCOc3ccc(Br)cc3)c2)s1. The topological polar surface area (TPSA) is 97.1 Å². The third kappa shape index (κ3) is 7.18. The first-order chi connectivity index (χ1) is 15.6. The van der Waals surface area contributed by atoms with E-state index in [1.807, 2.05) is 37.3 Å². The van der Waals surface area contributed by atoms with Gasteiger partial charge in [0.2, 0.25) is 5.13 Å². The normalized spacial score (nSPS) is 11.0. The molecule has 0 aliphatic rings. The van der Waals surface area contributed by atoms with E-state index < -0.39 is 5.91 Å². The maximum atomic E-state index is 12.5. The van der Waals surface area contributed by atoms with Gasteiger partial charge in [-0.05, 0) is 54.5 Å². The molecule has 1 heterocycles. The predicted molar refractivity (Wildman–Crippen MR) is 128 cm³/mol. The number of ether oxygens (including phenoxy) is 2. The zero-order chi connectivity index (χ0) is 22.8. The smallest absolute Gasteiger partial charge is 0.268 e. The number of aryl methyl sites for hydroxylation is 1. The van der Waals surface area contributed by atoms with Crippen molar-refractivity contribution in [2.45, 2.75) is 19.8 Å². The molecule has 0 spiro atoms. The molecule has 0 saturated heterocycles. The highest BCUT2D eigenvalue weighted by Gasteiger charge is 2.13. The van der Waals surface area contributed by atoms with Crippen LogP contribution in [-0.2, 0) is 11.2 Å². The Labute approximate surface area is 198 Å². The molecule has 1 amide bonds. The van der Waals surface area contributed by atoms with Gasteiger partial charge in [-0.3, -0.25) is 10.1 Å². The maximum absolute atomic E-state index is 12.5. The van der Waals surface area contributed by atoms with Crippen molar-refractivity contribution in [3.63, 3.8) is 0 Å². The minimum atomic E-state index is -0.527. The molecule has 9 heteroatoms. The Morgan fingerprint density at radius 3 is 2.62 bits per heavy atom. The standard InChI is InChI=1S/C23H21BrN4O3S/c1-2-4-21-27-28-23(32-21)26-22(29)17(15-25)13-16-5-3-6-20(14-16)31-12-11-30-19-9-7-18(24)8-10-19/h3,5-10,13-14H,2,4,11-12H2,1H3,(H,26,28,29). The fraction of sp³-hybridized carbons (Fsp3) is 0.217. The number of hydrogen-bond donors (Lipinski definition) is 1. The molecule has 2 aromatic carbocycles. The molecule has 0 radical (unpaired) electrons. The fourth-order valence-corrected chi connectivity index (χ4v) is 3.74. The van der Waals surface area contributed by atoms with Crippen LogP contribution in [0.1, 0.15) is 23.9 Å². The Hall–Kier alpha value is -3.22. The molecule has 1 aromatic heterocycles. The third-order valence-corrected chi connectivity index (χ3v) is 5.55. The maximum Gasteiger partial charge on any atom is 0.268 e. The summed E-state index contributed by atoms with van der Waals surface area (Å²) in [6.07, 6.45) is 3.25. The number of hydrogen-bond acceptors (Lipinski definition) is 7. The molecule has 3 rings (SSSR count). The number of benzene rings is 2. The Kier molecular flexibility index (Phi) is 8.78. The molecule has 3 aromatic rings. The van der Waals surface area contributed by atoms with E-state index in [0.29, 0.717) is 29.7 Å². The summed E-state index contributed by atoms with van der Waals surface area (Å²) in [7, 11) is 0. The summed E-state index contributed by atoms with van der Waals surface area (Å²) in [5.41, 5.74) is 0.639. The van der Waals surface area contributed by atoms with Crippen LogP contribution in [0.4, 0.5) is 5.13 Å². The van der Waals surface area contributed by atoms with E-state index in [4.69, 9.17) is 9.47 Å². The van der Waals surface area contributed by atoms with Crippen LogP contribution in [0.3, 0.4) is 0 Å². The van der Waals surface area contributed by atoms with Crippen molar-refractivity contribution in [1.29, 1.82) is 5.26 Å². The zero-order valence-electron chi connectivity index (χ0n) is 17.4. The molecule has 0 atom stereocenters. The van der Waals surface area contributed by atoms with Crippen LogP contribution in [0, 0.1) is 11.3 Å². The van der Waals surface area contributed by atoms with Crippen molar-refractivity contribution in [2.75, 3.05) is 18.5 Å². The molecule has 0 aliphatic carbocycles. The molecule has 7 nitrogen and oxygen atoms in total.